The van der Waals surface area contributed by atoms with Gasteiger partial charge in [0.05, 0.1) is 27.1 Å². The number of carbonyl (C=O) groups excluding carboxylic acids is 2. The molecule has 26 heavy (non-hydrogen) atoms. The molecule has 0 unspecified atom stereocenters. The van der Waals surface area contributed by atoms with Crippen LogP contribution < -0.4 is 9.64 Å². The molecule has 7 nitrogen and oxygen atoms in total. The van der Waals surface area contributed by atoms with Crippen LogP contribution in [0.1, 0.15) is 40.5 Å². The highest BCUT2D eigenvalue weighted by Crippen LogP contribution is 2.41. The number of nitro groups is 1. The van der Waals surface area contributed by atoms with Crippen molar-refractivity contribution in [2.45, 2.75) is 19.8 Å². The maximum Gasteiger partial charge on any atom is 0.294 e. The van der Waals surface area contributed by atoms with Crippen molar-refractivity contribution in [3.8, 4) is 5.75 Å². The monoisotopic (exact) mass is 418 g/mol. The third-order valence-electron chi connectivity index (χ3n) is 4.02. The number of fused-ring (bicyclic) bond motifs is 1. The van der Waals surface area contributed by atoms with Gasteiger partial charge in [0.15, 0.2) is 0 Å². The van der Waals surface area contributed by atoms with Crippen molar-refractivity contribution in [1.29, 1.82) is 0 Å². The highest BCUT2D eigenvalue weighted by atomic mass is 79.9. The van der Waals surface area contributed by atoms with Crippen molar-refractivity contribution >= 4 is 39.1 Å². The first-order chi connectivity index (χ1) is 12.5. The Hall–Kier alpha value is -2.74. The fourth-order valence-electron chi connectivity index (χ4n) is 2.70. The Balaban J connectivity index is 2.09. The standard InChI is InChI=1S/C18H15BrN2O5/c1-2-3-8-26-16-10-14(15(21(24)25)9-13(16)19)20-17(22)11-6-4-5-7-12(11)18(20)23/h4-7,9-10H,2-3,8H2,1H3. The van der Waals surface area contributed by atoms with Crippen LogP contribution in [0.5, 0.6) is 5.75 Å². The summed E-state index contributed by atoms with van der Waals surface area (Å²) in [5, 5.41) is 11.5. The van der Waals surface area contributed by atoms with Crippen LogP contribution in [0.15, 0.2) is 40.9 Å². The Kier molecular flexibility index (Phi) is 5.03. The van der Waals surface area contributed by atoms with Crippen LogP contribution in [0.2, 0.25) is 0 Å². The molecule has 0 aromatic heterocycles. The van der Waals surface area contributed by atoms with Crippen LogP contribution >= 0.6 is 15.9 Å². The summed E-state index contributed by atoms with van der Waals surface area (Å²) in [6.45, 7) is 2.44. The number of rotatable bonds is 6. The Bertz CT molecular complexity index is 877. The lowest BCUT2D eigenvalue weighted by atomic mass is 10.1. The molecule has 2 aromatic rings. The summed E-state index contributed by atoms with van der Waals surface area (Å²) in [5.41, 5.74) is -0.00328. The Morgan fingerprint density at radius 1 is 1.15 bits per heavy atom. The zero-order chi connectivity index (χ0) is 18.8. The molecule has 0 N–H and O–H groups in total. The van der Waals surface area contributed by atoms with Crippen molar-refractivity contribution in [1.82, 2.24) is 0 Å². The van der Waals surface area contributed by atoms with Gasteiger partial charge >= 0.3 is 0 Å². The number of ether oxygens (including phenoxy) is 1. The minimum atomic E-state index is -0.626. The normalized spacial score (nSPS) is 13.1. The van der Waals surface area contributed by atoms with Gasteiger partial charge < -0.3 is 4.74 Å². The van der Waals surface area contributed by atoms with Crippen LogP contribution in [0.3, 0.4) is 0 Å². The number of halogens is 1. The summed E-state index contributed by atoms with van der Waals surface area (Å²) in [6.07, 6.45) is 1.74. The number of unbranched alkanes of at least 4 members (excludes halogenated alkanes) is 1. The molecule has 0 aliphatic carbocycles. The highest BCUT2D eigenvalue weighted by molar-refractivity contribution is 9.10. The van der Waals surface area contributed by atoms with Gasteiger partial charge in [0.25, 0.3) is 17.5 Å². The van der Waals surface area contributed by atoms with Gasteiger partial charge in [0, 0.05) is 12.1 Å². The molecule has 0 bridgehead atoms. The molecule has 0 fully saturated rings. The fraction of sp³-hybridized carbons (Fsp3) is 0.222. The summed E-state index contributed by atoms with van der Waals surface area (Å²) < 4.78 is 6.03. The summed E-state index contributed by atoms with van der Waals surface area (Å²) in [4.78, 5) is 37.0. The molecule has 0 spiro atoms. The van der Waals surface area contributed by atoms with Gasteiger partial charge in [0.2, 0.25) is 0 Å². The van der Waals surface area contributed by atoms with E-state index in [9.17, 15) is 19.7 Å². The maximum atomic E-state index is 12.7. The number of benzene rings is 2. The largest absolute Gasteiger partial charge is 0.492 e. The molecule has 0 atom stereocenters. The maximum absolute atomic E-state index is 12.7. The van der Waals surface area contributed by atoms with Crippen molar-refractivity contribution in [2.24, 2.45) is 0 Å². The summed E-state index contributed by atoms with van der Waals surface area (Å²) in [6, 6.07) is 8.95. The summed E-state index contributed by atoms with van der Waals surface area (Å²) >= 11 is 3.25. The number of carbonyl (C=O) groups is 2. The van der Waals surface area contributed by atoms with E-state index in [1.54, 1.807) is 12.1 Å². The molecular weight excluding hydrogens is 404 g/mol. The van der Waals surface area contributed by atoms with E-state index < -0.39 is 16.7 Å². The van der Waals surface area contributed by atoms with Gasteiger partial charge in [-0.15, -0.1) is 0 Å². The van der Waals surface area contributed by atoms with E-state index in [1.165, 1.54) is 24.3 Å². The Morgan fingerprint density at radius 2 is 1.77 bits per heavy atom. The molecule has 2 amide bonds. The van der Waals surface area contributed by atoms with Crippen molar-refractivity contribution in [2.75, 3.05) is 11.5 Å². The zero-order valence-electron chi connectivity index (χ0n) is 13.9. The molecule has 3 rings (SSSR count). The van der Waals surface area contributed by atoms with Crippen molar-refractivity contribution in [3.05, 3.63) is 62.1 Å². The first-order valence-electron chi connectivity index (χ1n) is 8.04. The Labute approximate surface area is 157 Å². The van der Waals surface area contributed by atoms with Crippen molar-refractivity contribution < 1.29 is 19.2 Å². The predicted octanol–water partition coefficient (Wildman–Crippen LogP) is 4.34. The first kappa shape index (κ1) is 18.1. The van der Waals surface area contributed by atoms with Crippen LogP contribution in [0.25, 0.3) is 0 Å². The molecule has 0 radical (unpaired) electrons. The Morgan fingerprint density at radius 3 is 2.31 bits per heavy atom. The zero-order valence-corrected chi connectivity index (χ0v) is 15.5. The second kappa shape index (κ2) is 7.25. The minimum Gasteiger partial charge on any atom is -0.492 e. The third-order valence-corrected chi connectivity index (χ3v) is 4.64. The lowest BCUT2D eigenvalue weighted by Crippen LogP contribution is -2.30. The van der Waals surface area contributed by atoms with Crippen LogP contribution in [0.4, 0.5) is 11.4 Å². The van der Waals surface area contributed by atoms with E-state index in [0.29, 0.717) is 16.8 Å². The highest BCUT2D eigenvalue weighted by Gasteiger charge is 2.40. The van der Waals surface area contributed by atoms with E-state index in [4.69, 9.17) is 4.74 Å². The van der Waals surface area contributed by atoms with Crippen LogP contribution in [0, 0.1) is 10.1 Å². The van der Waals surface area contributed by atoms with E-state index >= 15 is 0 Å². The number of imide groups is 1. The molecule has 134 valence electrons. The molecular formula is C18H15BrN2O5. The third kappa shape index (κ3) is 3.08. The van der Waals surface area contributed by atoms with Gasteiger partial charge in [-0.1, -0.05) is 25.5 Å². The topological polar surface area (TPSA) is 89.8 Å². The van der Waals surface area contributed by atoms with E-state index in [2.05, 4.69) is 15.9 Å². The van der Waals surface area contributed by atoms with E-state index in [0.717, 1.165) is 17.7 Å². The predicted molar refractivity (Wildman–Crippen MR) is 98.8 cm³/mol. The molecule has 2 aromatic carbocycles. The van der Waals surface area contributed by atoms with E-state index in [1.807, 2.05) is 6.92 Å². The number of hydrogen-bond acceptors (Lipinski definition) is 5. The molecule has 8 heteroatoms. The second-order valence-electron chi connectivity index (χ2n) is 5.72. The van der Waals surface area contributed by atoms with Crippen molar-refractivity contribution in [3.63, 3.8) is 0 Å². The number of hydrogen-bond donors (Lipinski definition) is 0. The van der Waals surface area contributed by atoms with E-state index in [-0.39, 0.29) is 22.5 Å². The van der Waals surface area contributed by atoms with Gasteiger partial charge in [-0.3, -0.25) is 19.7 Å². The van der Waals surface area contributed by atoms with Crippen LogP contribution in [-0.4, -0.2) is 23.3 Å². The lowest BCUT2D eigenvalue weighted by Gasteiger charge is -2.16. The SMILES string of the molecule is CCCCOc1cc(N2C(=O)c3ccccc3C2=O)c([N+](=O)[O-])cc1Br. The van der Waals surface area contributed by atoms with Crippen LogP contribution in [-0.2, 0) is 0 Å². The van der Waals surface area contributed by atoms with Gasteiger partial charge in [-0.05, 0) is 34.5 Å². The number of amides is 2. The fourth-order valence-corrected chi connectivity index (χ4v) is 3.15. The smallest absolute Gasteiger partial charge is 0.294 e. The number of nitro benzene ring substituents is 1. The molecule has 1 aliphatic heterocycles. The minimum absolute atomic E-state index is 0.101. The number of nitrogens with zero attached hydrogens (tertiary/aromatic N) is 2. The average Bonchev–Trinajstić information content (AvgIpc) is 2.87. The summed E-state index contributed by atoms with van der Waals surface area (Å²) in [5.74, 6) is -0.832. The average molecular weight is 419 g/mol. The molecule has 0 saturated heterocycles. The lowest BCUT2D eigenvalue weighted by molar-refractivity contribution is -0.384. The molecule has 0 saturated carbocycles. The summed E-state index contributed by atoms with van der Waals surface area (Å²) in [7, 11) is 0. The molecule has 1 aliphatic rings. The number of anilines is 1. The second-order valence-corrected chi connectivity index (χ2v) is 6.58. The van der Waals surface area contributed by atoms with Gasteiger partial charge in [-0.25, -0.2) is 4.90 Å². The van der Waals surface area contributed by atoms with Gasteiger partial charge in [0.1, 0.15) is 11.4 Å². The van der Waals surface area contributed by atoms with Gasteiger partial charge in [-0.2, -0.15) is 0 Å². The quantitative estimate of drug-likeness (QED) is 0.301. The molecule has 1 heterocycles. The first-order valence-corrected chi connectivity index (χ1v) is 8.83.